The lowest BCUT2D eigenvalue weighted by atomic mass is 9.94. The average Bonchev–Trinajstić information content (AvgIpc) is 2.84. The van der Waals surface area contributed by atoms with Gasteiger partial charge >= 0.3 is 18.5 Å². The Labute approximate surface area is 145 Å². The Morgan fingerprint density at radius 2 is 1.63 bits per heavy atom. The molecule has 0 spiro atoms. The van der Waals surface area contributed by atoms with Crippen LogP contribution in [-0.4, -0.2) is 47.6 Å². The summed E-state index contributed by atoms with van der Waals surface area (Å²) in [7, 11) is 0.476. The topological polar surface area (TPSA) is 58.0 Å². The van der Waals surface area contributed by atoms with Gasteiger partial charge in [-0.05, 0) is 12.1 Å². The fourth-order valence-electron chi connectivity index (χ4n) is 2.46. The lowest BCUT2D eigenvalue weighted by Gasteiger charge is -2.29. The minimum absolute atomic E-state index is 0.0551. The molecular weight excluding hydrogens is 401 g/mol. The zero-order valence-electron chi connectivity index (χ0n) is 13.1. The van der Waals surface area contributed by atoms with E-state index in [0.29, 0.717) is 13.2 Å². The molecule has 0 aromatic carbocycles. The third kappa shape index (κ3) is 4.26. The highest BCUT2D eigenvalue weighted by molar-refractivity contribution is 5.95. The molecule has 3 atom stereocenters. The average molecular weight is 411 g/mol. The van der Waals surface area contributed by atoms with Crippen molar-refractivity contribution in [2.24, 2.45) is 11.0 Å². The zero-order chi connectivity index (χ0) is 20.8. The molecule has 1 N–H and O–H groups in total. The van der Waals surface area contributed by atoms with Crippen molar-refractivity contribution in [3.63, 3.8) is 0 Å². The molecule has 2 rings (SSSR count). The van der Waals surface area contributed by atoms with Crippen LogP contribution in [0.3, 0.4) is 0 Å². The molecule has 14 heteroatoms. The van der Waals surface area contributed by atoms with Crippen molar-refractivity contribution in [3.8, 4) is 0 Å². The molecule has 27 heavy (non-hydrogen) atoms. The summed E-state index contributed by atoms with van der Waals surface area (Å²) in [5.74, 6) is -3.68. The van der Waals surface area contributed by atoms with Crippen LogP contribution in [0.1, 0.15) is 5.69 Å². The van der Waals surface area contributed by atoms with Crippen LogP contribution in [0.25, 0.3) is 0 Å². The summed E-state index contributed by atoms with van der Waals surface area (Å²) in [6.07, 6.45) is -21.4. The van der Waals surface area contributed by atoms with E-state index in [4.69, 9.17) is 0 Å². The number of rotatable bonds is 3. The van der Waals surface area contributed by atoms with Crippen LogP contribution in [0.4, 0.5) is 45.3 Å². The lowest BCUT2D eigenvalue weighted by Crippen LogP contribution is -2.50. The number of methoxy groups -OCH3 is 1. The van der Waals surface area contributed by atoms with Crippen molar-refractivity contribution < 1.29 is 49.4 Å². The number of halogens is 9. The van der Waals surface area contributed by atoms with Crippen LogP contribution >= 0.6 is 0 Å². The minimum atomic E-state index is -5.41. The molecule has 0 saturated carbocycles. The number of anilines is 1. The normalized spacial score (nSPS) is 22.8. The molecule has 0 fully saturated rings. The SMILES string of the molecule is COC(C1C(C(F)(F)F)=NN(c2cccc(C(F)(F)F)n2)C1O)C(F)(F)F. The second-order valence-corrected chi connectivity index (χ2v) is 5.34. The summed E-state index contributed by atoms with van der Waals surface area (Å²) in [5, 5.41) is 12.8. The van der Waals surface area contributed by atoms with Gasteiger partial charge in [0.05, 0.1) is 5.92 Å². The maximum absolute atomic E-state index is 13.1. The first-order valence-corrected chi connectivity index (χ1v) is 6.94. The third-order valence-electron chi connectivity index (χ3n) is 3.56. The number of hydrogen-bond donors (Lipinski definition) is 1. The Morgan fingerprint density at radius 1 is 1.04 bits per heavy atom. The smallest absolute Gasteiger partial charge is 0.371 e. The molecule has 0 aliphatic carbocycles. The number of ether oxygens (including phenoxy) is 1. The molecule has 5 nitrogen and oxygen atoms in total. The zero-order valence-corrected chi connectivity index (χ0v) is 13.1. The second kappa shape index (κ2) is 6.82. The summed E-state index contributed by atoms with van der Waals surface area (Å²) in [6.45, 7) is 0. The molecule has 3 unspecified atom stereocenters. The van der Waals surface area contributed by atoms with E-state index < -0.39 is 54.0 Å². The van der Waals surface area contributed by atoms with Crippen molar-refractivity contribution >= 4 is 11.5 Å². The highest BCUT2D eigenvalue weighted by Crippen LogP contribution is 2.41. The predicted molar refractivity (Wildman–Crippen MR) is 71.6 cm³/mol. The maximum Gasteiger partial charge on any atom is 0.433 e. The summed E-state index contributed by atoms with van der Waals surface area (Å²) in [4.78, 5) is 3.02. The summed E-state index contributed by atoms with van der Waals surface area (Å²) < 4.78 is 121. The molecule has 1 aromatic rings. The molecule has 0 radical (unpaired) electrons. The molecule has 1 aliphatic heterocycles. The number of aliphatic hydroxyl groups excluding tert-OH is 1. The monoisotopic (exact) mass is 411 g/mol. The molecule has 1 aromatic heterocycles. The number of aromatic nitrogens is 1. The van der Waals surface area contributed by atoms with Crippen molar-refractivity contribution in [1.29, 1.82) is 0 Å². The fourth-order valence-corrected chi connectivity index (χ4v) is 2.46. The Morgan fingerprint density at radius 3 is 2.07 bits per heavy atom. The number of alkyl halides is 9. The van der Waals surface area contributed by atoms with E-state index in [1.165, 1.54) is 0 Å². The van der Waals surface area contributed by atoms with E-state index >= 15 is 0 Å². The molecule has 0 bridgehead atoms. The highest BCUT2D eigenvalue weighted by atomic mass is 19.4. The number of pyridine rings is 1. The van der Waals surface area contributed by atoms with Crippen LogP contribution in [0.2, 0.25) is 0 Å². The minimum Gasteiger partial charge on any atom is -0.371 e. The van der Waals surface area contributed by atoms with Crippen molar-refractivity contribution in [2.75, 3.05) is 12.1 Å². The molecule has 0 saturated heterocycles. The molecule has 1 aliphatic rings. The van der Waals surface area contributed by atoms with Gasteiger partial charge in [0, 0.05) is 7.11 Å². The molecule has 0 amide bonds. The lowest BCUT2D eigenvalue weighted by molar-refractivity contribution is -0.229. The van der Waals surface area contributed by atoms with Crippen molar-refractivity contribution in [2.45, 2.75) is 30.9 Å². The van der Waals surface area contributed by atoms with Gasteiger partial charge in [0.15, 0.2) is 23.9 Å². The van der Waals surface area contributed by atoms with Gasteiger partial charge in [-0.15, -0.1) is 0 Å². The Balaban J connectivity index is 2.53. The fraction of sp³-hybridized carbons (Fsp3) is 0.538. The van der Waals surface area contributed by atoms with Crippen LogP contribution in [0, 0.1) is 5.92 Å². The Kier molecular flexibility index (Phi) is 5.35. The van der Waals surface area contributed by atoms with Gasteiger partial charge in [-0.2, -0.15) is 44.6 Å². The van der Waals surface area contributed by atoms with Crippen molar-refractivity contribution in [1.82, 2.24) is 4.98 Å². The van der Waals surface area contributed by atoms with Gasteiger partial charge in [0.1, 0.15) is 5.69 Å². The summed E-state index contributed by atoms with van der Waals surface area (Å²) in [5.41, 5.74) is -3.59. The van der Waals surface area contributed by atoms with Gasteiger partial charge in [0.25, 0.3) is 0 Å². The standard InChI is InChI=1S/C13H10F9N3O2/c1-27-9(13(20,21)22)7-8(12(17,18)19)24-25(10(7)26)6-4-2-3-5(23-6)11(14,15)16/h2-4,7,9-10,26H,1H3. The summed E-state index contributed by atoms with van der Waals surface area (Å²) in [6, 6.07) is 2.00. The van der Waals surface area contributed by atoms with Gasteiger partial charge in [-0.3, -0.25) is 0 Å². The molecule has 2 heterocycles. The van der Waals surface area contributed by atoms with Gasteiger partial charge in [-0.25, -0.2) is 9.99 Å². The quantitative estimate of drug-likeness (QED) is 0.776. The number of hydrogen-bond acceptors (Lipinski definition) is 5. The summed E-state index contributed by atoms with van der Waals surface area (Å²) >= 11 is 0. The van der Waals surface area contributed by atoms with Gasteiger partial charge in [0.2, 0.25) is 0 Å². The van der Waals surface area contributed by atoms with E-state index in [1.54, 1.807) is 0 Å². The first kappa shape index (κ1) is 21.2. The predicted octanol–water partition coefficient (Wildman–Crippen LogP) is 3.35. The third-order valence-corrected chi connectivity index (χ3v) is 3.56. The molecular formula is C13H10F9N3O2. The van der Waals surface area contributed by atoms with Crippen LogP contribution in [0.15, 0.2) is 23.3 Å². The van der Waals surface area contributed by atoms with E-state index in [-0.39, 0.29) is 5.01 Å². The second-order valence-electron chi connectivity index (χ2n) is 5.34. The van der Waals surface area contributed by atoms with Crippen LogP contribution in [0.5, 0.6) is 0 Å². The van der Waals surface area contributed by atoms with E-state index in [9.17, 15) is 44.6 Å². The number of aliphatic hydroxyl groups is 1. The number of nitrogens with zero attached hydrogens (tertiary/aromatic N) is 3. The maximum atomic E-state index is 13.1. The van der Waals surface area contributed by atoms with Gasteiger partial charge in [-0.1, -0.05) is 6.07 Å². The number of hydrazone groups is 1. The Hall–Kier alpha value is -2.09. The van der Waals surface area contributed by atoms with E-state index in [2.05, 4.69) is 14.8 Å². The van der Waals surface area contributed by atoms with Crippen LogP contribution in [-0.2, 0) is 10.9 Å². The first-order chi connectivity index (χ1) is 12.2. The Bertz CT molecular complexity index is 714. The first-order valence-electron chi connectivity index (χ1n) is 6.94. The largest absolute Gasteiger partial charge is 0.433 e. The highest BCUT2D eigenvalue weighted by Gasteiger charge is 2.59. The molecule has 152 valence electrons. The van der Waals surface area contributed by atoms with E-state index in [0.717, 1.165) is 12.1 Å². The van der Waals surface area contributed by atoms with Crippen molar-refractivity contribution in [3.05, 3.63) is 23.9 Å². The van der Waals surface area contributed by atoms with Gasteiger partial charge < -0.3 is 9.84 Å². The van der Waals surface area contributed by atoms with Crippen LogP contribution < -0.4 is 5.01 Å². The van der Waals surface area contributed by atoms with E-state index in [1.807, 2.05) is 0 Å².